The number of carbonyl (C=O) groups is 1. The van der Waals surface area contributed by atoms with Crippen LogP contribution in [-0.4, -0.2) is 32.5 Å². The molecule has 0 atom stereocenters. The number of aromatic nitrogens is 3. The number of hydrogen-bond acceptors (Lipinski definition) is 3. The van der Waals surface area contributed by atoms with E-state index in [1.54, 1.807) is 4.90 Å². The molecule has 0 fully saturated rings. The summed E-state index contributed by atoms with van der Waals surface area (Å²) in [5, 5.41) is 6.79. The number of rotatable bonds is 6. The van der Waals surface area contributed by atoms with Crippen molar-refractivity contribution >= 4 is 5.91 Å². The number of carbonyl (C=O) groups excluding carboxylic acids is 1. The van der Waals surface area contributed by atoms with Crippen molar-refractivity contribution in [2.45, 2.75) is 33.2 Å². The fraction of sp³-hybridized carbons (Fsp3) is 0.400. The maximum absolute atomic E-state index is 12.4. The first-order chi connectivity index (χ1) is 9.74. The second-order valence-corrected chi connectivity index (χ2v) is 4.67. The van der Waals surface area contributed by atoms with Gasteiger partial charge < -0.3 is 4.90 Å². The Morgan fingerprint density at radius 2 is 2.00 bits per heavy atom. The maximum atomic E-state index is 12.4. The van der Waals surface area contributed by atoms with Crippen molar-refractivity contribution < 1.29 is 4.79 Å². The summed E-state index contributed by atoms with van der Waals surface area (Å²) >= 11 is 0. The lowest BCUT2D eigenvalue weighted by molar-refractivity contribution is 0.0731. The summed E-state index contributed by atoms with van der Waals surface area (Å²) in [5.74, 6) is 0.877. The highest BCUT2D eigenvalue weighted by Gasteiger charge is 2.19. The summed E-state index contributed by atoms with van der Waals surface area (Å²) in [7, 11) is 0. The van der Waals surface area contributed by atoms with Crippen LogP contribution < -0.4 is 0 Å². The Labute approximate surface area is 119 Å². The molecule has 0 radical (unpaired) electrons. The molecular weight excluding hydrogens is 252 g/mol. The van der Waals surface area contributed by atoms with Gasteiger partial charge in [0.15, 0.2) is 0 Å². The first-order valence-corrected chi connectivity index (χ1v) is 6.99. The fourth-order valence-corrected chi connectivity index (χ4v) is 2.02. The Hall–Kier alpha value is -2.17. The van der Waals surface area contributed by atoms with Gasteiger partial charge in [-0.15, -0.1) is 5.10 Å². The van der Waals surface area contributed by atoms with Crippen molar-refractivity contribution in [3.8, 4) is 0 Å². The van der Waals surface area contributed by atoms with Crippen LogP contribution in [0.25, 0.3) is 0 Å². The molecule has 1 aromatic carbocycles. The molecule has 5 nitrogen and oxygen atoms in total. The van der Waals surface area contributed by atoms with Crippen LogP contribution in [0.4, 0.5) is 0 Å². The van der Waals surface area contributed by atoms with Gasteiger partial charge in [-0.25, -0.2) is 4.98 Å². The highest BCUT2D eigenvalue weighted by molar-refractivity contribution is 5.90. The number of hydrogen-bond donors (Lipinski definition) is 1. The van der Waals surface area contributed by atoms with Crippen LogP contribution >= 0.6 is 0 Å². The Balaban J connectivity index is 2.13. The third-order valence-corrected chi connectivity index (χ3v) is 3.05. The topological polar surface area (TPSA) is 61.9 Å². The van der Waals surface area contributed by atoms with Crippen LogP contribution in [0, 0.1) is 0 Å². The molecule has 5 heteroatoms. The third-order valence-electron chi connectivity index (χ3n) is 3.05. The lowest BCUT2D eigenvalue weighted by Crippen LogP contribution is -2.32. The lowest BCUT2D eigenvalue weighted by atomic mass is 10.2. The Morgan fingerprint density at radius 1 is 1.25 bits per heavy atom. The molecule has 2 rings (SSSR count). The molecule has 0 spiro atoms. The predicted molar refractivity (Wildman–Crippen MR) is 77.2 cm³/mol. The second-order valence-electron chi connectivity index (χ2n) is 4.67. The molecule has 1 heterocycles. The average Bonchev–Trinajstić information content (AvgIpc) is 2.96. The molecule has 2 aromatic rings. The molecule has 0 aliphatic heterocycles. The van der Waals surface area contributed by atoms with E-state index < -0.39 is 0 Å². The zero-order valence-electron chi connectivity index (χ0n) is 12.0. The van der Waals surface area contributed by atoms with Gasteiger partial charge in [0, 0.05) is 19.5 Å². The first-order valence-electron chi connectivity index (χ1n) is 6.99. The summed E-state index contributed by atoms with van der Waals surface area (Å²) in [4.78, 5) is 18.5. The predicted octanol–water partition coefficient (Wildman–Crippen LogP) is 2.42. The minimum Gasteiger partial charge on any atom is -0.332 e. The van der Waals surface area contributed by atoms with E-state index in [1.165, 1.54) is 0 Å². The molecule has 20 heavy (non-hydrogen) atoms. The molecule has 0 saturated heterocycles. The van der Waals surface area contributed by atoms with E-state index in [-0.39, 0.29) is 11.7 Å². The van der Waals surface area contributed by atoms with Crippen molar-refractivity contribution in [2.24, 2.45) is 0 Å². The molecule has 106 valence electrons. The monoisotopic (exact) mass is 272 g/mol. The van der Waals surface area contributed by atoms with Crippen LogP contribution in [0.2, 0.25) is 0 Å². The summed E-state index contributed by atoms with van der Waals surface area (Å²) in [6.07, 6.45) is 1.65. The molecule has 1 N–H and O–H groups in total. The zero-order valence-corrected chi connectivity index (χ0v) is 12.0. The second kappa shape index (κ2) is 6.84. The van der Waals surface area contributed by atoms with E-state index in [0.717, 1.165) is 24.2 Å². The Morgan fingerprint density at radius 3 is 2.60 bits per heavy atom. The van der Waals surface area contributed by atoms with Gasteiger partial charge in [0.2, 0.25) is 5.82 Å². The van der Waals surface area contributed by atoms with Crippen molar-refractivity contribution in [3.05, 3.63) is 47.5 Å². The summed E-state index contributed by atoms with van der Waals surface area (Å²) < 4.78 is 0. The number of nitrogens with zero attached hydrogens (tertiary/aromatic N) is 3. The number of nitrogens with one attached hydrogen (secondary N) is 1. The molecule has 0 aliphatic carbocycles. The summed E-state index contributed by atoms with van der Waals surface area (Å²) in [6, 6.07) is 9.97. The van der Waals surface area contributed by atoms with E-state index in [1.807, 2.05) is 37.3 Å². The van der Waals surface area contributed by atoms with Crippen LogP contribution in [-0.2, 0) is 13.0 Å². The molecule has 0 aliphatic rings. The summed E-state index contributed by atoms with van der Waals surface area (Å²) in [6.45, 7) is 5.32. The largest absolute Gasteiger partial charge is 0.332 e. The molecule has 0 saturated carbocycles. The Bertz CT molecular complexity index is 550. The van der Waals surface area contributed by atoms with Gasteiger partial charge in [0.05, 0.1) is 0 Å². The smallest absolute Gasteiger partial charge is 0.293 e. The minimum atomic E-state index is -0.119. The maximum Gasteiger partial charge on any atom is 0.293 e. The number of benzene rings is 1. The van der Waals surface area contributed by atoms with E-state index in [2.05, 4.69) is 22.1 Å². The molecular formula is C15H20N4O. The van der Waals surface area contributed by atoms with Gasteiger partial charge in [0.1, 0.15) is 5.82 Å². The molecule has 1 amide bonds. The Kier molecular flexibility index (Phi) is 4.87. The van der Waals surface area contributed by atoms with Gasteiger partial charge in [-0.1, -0.05) is 44.2 Å². The van der Waals surface area contributed by atoms with Crippen molar-refractivity contribution in [1.29, 1.82) is 0 Å². The lowest BCUT2D eigenvalue weighted by Gasteiger charge is -2.20. The van der Waals surface area contributed by atoms with Gasteiger partial charge >= 0.3 is 0 Å². The first kappa shape index (κ1) is 14.2. The van der Waals surface area contributed by atoms with Gasteiger partial charge in [-0.05, 0) is 12.0 Å². The van der Waals surface area contributed by atoms with Gasteiger partial charge in [0.25, 0.3) is 5.91 Å². The van der Waals surface area contributed by atoms with E-state index >= 15 is 0 Å². The third kappa shape index (κ3) is 3.44. The van der Waals surface area contributed by atoms with Gasteiger partial charge in [-0.3, -0.25) is 9.89 Å². The number of amides is 1. The van der Waals surface area contributed by atoms with Gasteiger partial charge in [-0.2, -0.15) is 0 Å². The van der Waals surface area contributed by atoms with Crippen LogP contribution in [0.3, 0.4) is 0 Å². The van der Waals surface area contributed by atoms with Crippen LogP contribution in [0.1, 0.15) is 42.3 Å². The van der Waals surface area contributed by atoms with E-state index in [4.69, 9.17) is 0 Å². The summed E-state index contributed by atoms with van der Waals surface area (Å²) in [5.41, 5.74) is 1.11. The normalized spacial score (nSPS) is 10.5. The van der Waals surface area contributed by atoms with E-state index in [0.29, 0.717) is 13.1 Å². The quantitative estimate of drug-likeness (QED) is 0.878. The number of aryl methyl sites for hydroxylation is 1. The zero-order chi connectivity index (χ0) is 14.4. The van der Waals surface area contributed by atoms with Crippen LogP contribution in [0.15, 0.2) is 30.3 Å². The highest BCUT2D eigenvalue weighted by atomic mass is 16.2. The van der Waals surface area contributed by atoms with Crippen molar-refractivity contribution in [3.63, 3.8) is 0 Å². The molecule has 0 bridgehead atoms. The van der Waals surface area contributed by atoms with Crippen LogP contribution in [0.5, 0.6) is 0 Å². The minimum absolute atomic E-state index is 0.119. The van der Waals surface area contributed by atoms with Crippen molar-refractivity contribution in [2.75, 3.05) is 6.54 Å². The molecule has 1 aromatic heterocycles. The standard InChI is InChI=1S/C15H20N4O/c1-3-10-19(11-12-8-6-5-7-9-12)15(20)14-16-13(4-2)17-18-14/h5-9H,3-4,10-11H2,1-2H3,(H,16,17,18). The SMILES string of the molecule is CCCN(Cc1ccccc1)C(=O)c1n[nH]c(CC)n1. The van der Waals surface area contributed by atoms with Crippen molar-refractivity contribution in [1.82, 2.24) is 20.1 Å². The highest BCUT2D eigenvalue weighted by Crippen LogP contribution is 2.08. The number of aromatic amines is 1. The fourth-order valence-electron chi connectivity index (χ4n) is 2.02. The average molecular weight is 272 g/mol. The molecule has 0 unspecified atom stereocenters. The number of H-pyrrole nitrogens is 1. The van der Waals surface area contributed by atoms with E-state index in [9.17, 15) is 4.79 Å².